The summed E-state index contributed by atoms with van der Waals surface area (Å²) in [6.07, 6.45) is 0.259. The van der Waals surface area contributed by atoms with Gasteiger partial charge in [0, 0.05) is 6.42 Å². The second kappa shape index (κ2) is 13.7. The van der Waals surface area contributed by atoms with Crippen molar-refractivity contribution >= 4 is 23.8 Å². The number of benzene rings is 2. The molecule has 0 bridgehead atoms. The van der Waals surface area contributed by atoms with Crippen molar-refractivity contribution in [2.45, 2.75) is 51.9 Å². The summed E-state index contributed by atoms with van der Waals surface area (Å²) in [6.45, 7) is 1.78. The molecule has 0 heterocycles. The van der Waals surface area contributed by atoms with Gasteiger partial charge in [0.15, 0.2) is 5.92 Å². The first-order chi connectivity index (χ1) is 15.9. The highest BCUT2D eigenvalue weighted by atomic mass is 16.6. The second-order valence-corrected chi connectivity index (χ2v) is 7.52. The molecular formula is C25H29NO7. The van der Waals surface area contributed by atoms with Crippen molar-refractivity contribution in [3.8, 4) is 0 Å². The molecule has 2 aromatic carbocycles. The molecule has 1 amide bonds. The zero-order valence-corrected chi connectivity index (χ0v) is 18.6. The van der Waals surface area contributed by atoms with Crippen molar-refractivity contribution in [3.05, 3.63) is 71.8 Å². The second-order valence-electron chi connectivity index (χ2n) is 7.52. The monoisotopic (exact) mass is 455 g/mol. The fraction of sp³-hybridized carbons (Fsp3) is 0.360. The largest absolute Gasteiger partial charge is 0.481 e. The van der Waals surface area contributed by atoms with Crippen LogP contribution in [-0.2, 0) is 41.9 Å². The van der Waals surface area contributed by atoms with Crippen molar-refractivity contribution < 1.29 is 33.8 Å². The summed E-state index contributed by atoms with van der Waals surface area (Å²) in [7, 11) is 0. The van der Waals surface area contributed by atoms with Crippen molar-refractivity contribution in [2.24, 2.45) is 5.92 Å². The minimum Gasteiger partial charge on any atom is -0.481 e. The van der Waals surface area contributed by atoms with Crippen LogP contribution in [-0.4, -0.2) is 35.0 Å². The smallest absolute Gasteiger partial charge is 0.322 e. The van der Waals surface area contributed by atoms with Crippen molar-refractivity contribution in [3.63, 3.8) is 0 Å². The van der Waals surface area contributed by atoms with E-state index < -0.39 is 35.8 Å². The van der Waals surface area contributed by atoms with Gasteiger partial charge >= 0.3 is 17.9 Å². The Morgan fingerprint density at radius 2 is 1.30 bits per heavy atom. The van der Waals surface area contributed by atoms with E-state index in [1.54, 1.807) is 48.5 Å². The van der Waals surface area contributed by atoms with Crippen LogP contribution >= 0.6 is 0 Å². The maximum Gasteiger partial charge on any atom is 0.322 e. The number of rotatable bonds is 13. The summed E-state index contributed by atoms with van der Waals surface area (Å²) >= 11 is 0. The summed E-state index contributed by atoms with van der Waals surface area (Å²) in [5.74, 6) is -4.68. The molecule has 33 heavy (non-hydrogen) atoms. The van der Waals surface area contributed by atoms with Gasteiger partial charge < -0.3 is 19.9 Å². The summed E-state index contributed by atoms with van der Waals surface area (Å²) in [4.78, 5) is 49.0. The average Bonchev–Trinajstić information content (AvgIpc) is 2.81. The van der Waals surface area contributed by atoms with Gasteiger partial charge in [0.25, 0.3) is 0 Å². The third-order valence-corrected chi connectivity index (χ3v) is 4.87. The summed E-state index contributed by atoms with van der Waals surface area (Å²) < 4.78 is 10.8. The number of carbonyl (C=O) groups excluding carboxylic acids is 3. The lowest BCUT2D eigenvalue weighted by molar-refractivity contribution is -0.165. The summed E-state index contributed by atoms with van der Waals surface area (Å²) in [5, 5.41) is 11.4. The Hall–Kier alpha value is -3.68. The Morgan fingerprint density at radius 3 is 1.73 bits per heavy atom. The van der Waals surface area contributed by atoms with E-state index in [4.69, 9.17) is 14.6 Å². The minimum atomic E-state index is -1.38. The first-order valence-corrected chi connectivity index (χ1v) is 10.8. The molecule has 0 saturated carbocycles. The van der Waals surface area contributed by atoms with Crippen LogP contribution in [0.25, 0.3) is 0 Å². The summed E-state index contributed by atoms with van der Waals surface area (Å²) in [6, 6.07) is 17.1. The Bertz CT molecular complexity index is 859. The number of carboxylic acids is 1. The zero-order valence-electron chi connectivity index (χ0n) is 18.6. The lowest BCUT2D eigenvalue weighted by Crippen LogP contribution is -2.48. The fourth-order valence-corrected chi connectivity index (χ4v) is 3.19. The molecule has 0 aromatic heterocycles. The van der Waals surface area contributed by atoms with Gasteiger partial charge in [-0.25, -0.2) is 0 Å². The van der Waals surface area contributed by atoms with Gasteiger partial charge in [-0.1, -0.05) is 74.0 Å². The molecule has 0 aliphatic heterocycles. The number of esters is 2. The van der Waals surface area contributed by atoms with Crippen LogP contribution in [0.1, 0.15) is 43.7 Å². The average molecular weight is 456 g/mol. The number of amides is 1. The molecule has 0 saturated heterocycles. The Kier molecular flexibility index (Phi) is 10.6. The number of carbonyl (C=O) groups is 4. The molecule has 0 fully saturated rings. The first kappa shape index (κ1) is 25.6. The SMILES string of the molecule is CCCC(NC(=O)CCC(=O)O)C(C(=O)OCc1ccccc1)C(=O)OCc1ccccc1. The topological polar surface area (TPSA) is 119 Å². The van der Waals surface area contributed by atoms with Gasteiger partial charge in [0.05, 0.1) is 12.5 Å². The Labute approximate surface area is 192 Å². The van der Waals surface area contributed by atoms with E-state index >= 15 is 0 Å². The van der Waals surface area contributed by atoms with Gasteiger partial charge in [-0.3, -0.25) is 19.2 Å². The zero-order chi connectivity index (χ0) is 24.1. The molecule has 1 unspecified atom stereocenters. The van der Waals surface area contributed by atoms with E-state index in [1.165, 1.54) is 0 Å². The van der Waals surface area contributed by atoms with Gasteiger partial charge in [-0.2, -0.15) is 0 Å². The van der Waals surface area contributed by atoms with Crippen molar-refractivity contribution in [1.29, 1.82) is 0 Å². The third-order valence-electron chi connectivity index (χ3n) is 4.87. The molecule has 8 heteroatoms. The molecule has 2 aromatic rings. The molecule has 2 N–H and O–H groups in total. The summed E-state index contributed by atoms with van der Waals surface area (Å²) in [5.41, 5.74) is 1.50. The first-order valence-electron chi connectivity index (χ1n) is 10.8. The number of nitrogens with one attached hydrogen (secondary N) is 1. The molecule has 0 aliphatic carbocycles. The predicted molar refractivity (Wildman–Crippen MR) is 120 cm³/mol. The standard InChI is InChI=1S/C25H29NO7/c1-2-9-20(26-21(27)14-15-22(28)29)23(24(30)32-16-18-10-5-3-6-11-18)25(31)33-17-19-12-7-4-8-13-19/h3-8,10-13,20,23H,2,9,14-17H2,1H3,(H,26,27)(H,28,29). The molecular weight excluding hydrogens is 426 g/mol. The van der Waals surface area contributed by atoms with Crippen LogP contribution in [0, 0.1) is 5.92 Å². The highest BCUT2D eigenvalue weighted by Crippen LogP contribution is 2.17. The van der Waals surface area contributed by atoms with Gasteiger partial charge in [-0.05, 0) is 17.5 Å². The Balaban J connectivity index is 2.15. The van der Waals surface area contributed by atoms with Crippen molar-refractivity contribution in [1.82, 2.24) is 5.32 Å². The number of hydrogen-bond donors (Lipinski definition) is 2. The predicted octanol–water partition coefficient (Wildman–Crippen LogP) is 3.24. The molecule has 0 spiro atoms. The van der Waals surface area contributed by atoms with Crippen LogP contribution in [0.4, 0.5) is 0 Å². The number of carboxylic acid groups (broad SMARTS) is 1. The molecule has 176 valence electrons. The fourth-order valence-electron chi connectivity index (χ4n) is 3.19. The van der Waals surface area contributed by atoms with E-state index in [-0.39, 0.29) is 26.1 Å². The number of ether oxygens (including phenoxy) is 2. The maximum absolute atomic E-state index is 13.0. The van der Waals surface area contributed by atoms with E-state index in [0.29, 0.717) is 12.8 Å². The number of hydrogen-bond acceptors (Lipinski definition) is 6. The molecule has 2 rings (SSSR count). The molecule has 0 aliphatic rings. The normalized spacial score (nSPS) is 11.5. The van der Waals surface area contributed by atoms with E-state index in [1.807, 2.05) is 19.1 Å². The molecule has 8 nitrogen and oxygen atoms in total. The third kappa shape index (κ3) is 9.14. The van der Waals surface area contributed by atoms with Crippen LogP contribution in [0.15, 0.2) is 60.7 Å². The maximum atomic E-state index is 13.0. The lowest BCUT2D eigenvalue weighted by Gasteiger charge is -2.25. The Morgan fingerprint density at radius 1 is 0.818 bits per heavy atom. The number of aliphatic carboxylic acids is 1. The van der Waals surface area contributed by atoms with E-state index in [2.05, 4.69) is 5.32 Å². The molecule has 0 radical (unpaired) electrons. The van der Waals surface area contributed by atoms with Crippen LogP contribution in [0.3, 0.4) is 0 Å². The van der Waals surface area contributed by atoms with Crippen LogP contribution in [0.5, 0.6) is 0 Å². The van der Waals surface area contributed by atoms with Gasteiger partial charge in [0.1, 0.15) is 13.2 Å². The lowest BCUT2D eigenvalue weighted by atomic mass is 9.95. The van der Waals surface area contributed by atoms with Crippen LogP contribution < -0.4 is 5.32 Å². The minimum absolute atomic E-state index is 0.0338. The van der Waals surface area contributed by atoms with Crippen LogP contribution in [0.2, 0.25) is 0 Å². The van der Waals surface area contributed by atoms with Gasteiger partial charge in [-0.15, -0.1) is 0 Å². The quantitative estimate of drug-likeness (QED) is 0.351. The van der Waals surface area contributed by atoms with E-state index in [9.17, 15) is 19.2 Å². The van der Waals surface area contributed by atoms with Crippen molar-refractivity contribution in [2.75, 3.05) is 0 Å². The molecule has 1 atom stereocenters. The van der Waals surface area contributed by atoms with Gasteiger partial charge in [0.2, 0.25) is 5.91 Å². The highest BCUT2D eigenvalue weighted by molar-refractivity contribution is 5.96. The van der Waals surface area contributed by atoms with E-state index in [0.717, 1.165) is 11.1 Å². The highest BCUT2D eigenvalue weighted by Gasteiger charge is 2.38.